The number of aromatic nitrogens is 4. The van der Waals surface area contributed by atoms with Gasteiger partial charge in [-0.05, 0) is 13.8 Å². The van der Waals surface area contributed by atoms with Crippen LogP contribution in [0.2, 0.25) is 0 Å². The average Bonchev–Trinajstić information content (AvgIpc) is 2.87. The molecule has 0 spiro atoms. The van der Waals surface area contributed by atoms with Gasteiger partial charge in [0.15, 0.2) is 11.2 Å². The van der Waals surface area contributed by atoms with Gasteiger partial charge in [0.1, 0.15) is 6.04 Å². The van der Waals surface area contributed by atoms with Gasteiger partial charge in [0.05, 0.1) is 12.9 Å². The lowest BCUT2D eigenvalue weighted by Gasteiger charge is -2.13. The fourth-order valence-electron chi connectivity index (χ4n) is 2.03. The largest absolute Gasteiger partial charge is 0.464 e. The third kappa shape index (κ3) is 1.93. The summed E-state index contributed by atoms with van der Waals surface area (Å²) in [5, 5.41) is 0. The van der Waals surface area contributed by atoms with Crippen LogP contribution in [0.15, 0.2) is 15.9 Å². The molecular weight excluding hydrogens is 264 g/mol. The van der Waals surface area contributed by atoms with Gasteiger partial charge in [-0.3, -0.25) is 13.9 Å². The van der Waals surface area contributed by atoms with E-state index in [9.17, 15) is 14.4 Å². The van der Waals surface area contributed by atoms with Gasteiger partial charge in [0, 0.05) is 14.1 Å². The molecule has 2 rings (SSSR count). The van der Waals surface area contributed by atoms with Crippen molar-refractivity contribution in [3.05, 3.63) is 27.2 Å². The predicted octanol–water partition coefficient (Wildman–Crippen LogP) is -0.442. The van der Waals surface area contributed by atoms with E-state index in [1.165, 1.54) is 29.6 Å². The maximum atomic E-state index is 12.2. The molecule has 2 aromatic heterocycles. The number of hydrogen-bond acceptors (Lipinski definition) is 5. The van der Waals surface area contributed by atoms with Crippen LogP contribution < -0.4 is 11.2 Å². The van der Waals surface area contributed by atoms with Crippen molar-refractivity contribution >= 4 is 17.1 Å². The van der Waals surface area contributed by atoms with E-state index in [1.807, 2.05) is 0 Å². The van der Waals surface area contributed by atoms with E-state index < -0.39 is 23.3 Å². The molecule has 20 heavy (non-hydrogen) atoms. The Morgan fingerprint density at radius 3 is 2.60 bits per heavy atom. The molecule has 0 aliphatic rings. The average molecular weight is 280 g/mol. The number of carbonyl (C=O) groups excluding carboxylic acids is 1. The first kappa shape index (κ1) is 14.0. The summed E-state index contributed by atoms with van der Waals surface area (Å²) in [7, 11) is 2.91. The fourth-order valence-corrected chi connectivity index (χ4v) is 2.03. The van der Waals surface area contributed by atoms with Crippen LogP contribution in [-0.4, -0.2) is 31.3 Å². The van der Waals surface area contributed by atoms with Crippen LogP contribution in [-0.2, 0) is 23.6 Å². The van der Waals surface area contributed by atoms with Crippen molar-refractivity contribution in [1.82, 2.24) is 18.7 Å². The molecule has 0 aliphatic carbocycles. The summed E-state index contributed by atoms with van der Waals surface area (Å²) in [6.07, 6.45) is 1.37. The SMILES string of the molecule is CCOC(=O)[C@@H](C)n1cnc2c1c(=O)n(C)c(=O)n2C. The van der Waals surface area contributed by atoms with Crippen molar-refractivity contribution in [1.29, 1.82) is 0 Å². The van der Waals surface area contributed by atoms with Gasteiger partial charge in [-0.15, -0.1) is 0 Å². The number of imidazole rings is 1. The Balaban J connectivity index is 2.72. The quantitative estimate of drug-likeness (QED) is 0.711. The standard InChI is InChI=1S/C12H16N4O4/c1-5-20-11(18)7(2)16-6-13-9-8(16)10(17)15(4)12(19)14(9)3/h6-7H,5H2,1-4H3/t7-/m1/s1. The van der Waals surface area contributed by atoms with E-state index in [1.54, 1.807) is 13.8 Å². The maximum Gasteiger partial charge on any atom is 0.332 e. The summed E-state index contributed by atoms with van der Waals surface area (Å²) in [4.78, 5) is 39.8. The van der Waals surface area contributed by atoms with Gasteiger partial charge in [-0.2, -0.15) is 0 Å². The zero-order chi connectivity index (χ0) is 15.0. The van der Waals surface area contributed by atoms with Crippen molar-refractivity contribution in [2.75, 3.05) is 6.61 Å². The summed E-state index contributed by atoms with van der Waals surface area (Å²) in [6, 6.07) is -0.690. The molecule has 2 heterocycles. The van der Waals surface area contributed by atoms with Gasteiger partial charge >= 0.3 is 11.7 Å². The molecule has 0 saturated carbocycles. The third-order valence-electron chi connectivity index (χ3n) is 3.22. The molecule has 0 aliphatic heterocycles. The zero-order valence-electron chi connectivity index (χ0n) is 11.8. The number of carbonyl (C=O) groups is 1. The molecular formula is C12H16N4O4. The van der Waals surface area contributed by atoms with Crippen LogP contribution in [0.3, 0.4) is 0 Å². The third-order valence-corrected chi connectivity index (χ3v) is 3.22. The van der Waals surface area contributed by atoms with Crippen LogP contribution in [0.1, 0.15) is 19.9 Å². The molecule has 8 nitrogen and oxygen atoms in total. The molecule has 0 bridgehead atoms. The Morgan fingerprint density at radius 2 is 2.00 bits per heavy atom. The molecule has 0 amide bonds. The lowest BCUT2D eigenvalue weighted by Crippen LogP contribution is -2.38. The van der Waals surface area contributed by atoms with E-state index in [2.05, 4.69) is 4.98 Å². The van der Waals surface area contributed by atoms with Gasteiger partial charge < -0.3 is 9.30 Å². The molecule has 0 fully saturated rings. The molecule has 0 aromatic carbocycles. The highest BCUT2D eigenvalue weighted by Crippen LogP contribution is 2.14. The monoisotopic (exact) mass is 280 g/mol. The summed E-state index contributed by atoms with van der Waals surface area (Å²) < 4.78 is 8.61. The number of esters is 1. The van der Waals surface area contributed by atoms with Crippen LogP contribution in [0, 0.1) is 0 Å². The van der Waals surface area contributed by atoms with Crippen LogP contribution in [0.5, 0.6) is 0 Å². The van der Waals surface area contributed by atoms with E-state index in [4.69, 9.17) is 4.74 Å². The second kappa shape index (κ2) is 4.95. The van der Waals surface area contributed by atoms with Crippen molar-refractivity contribution in [3.8, 4) is 0 Å². The molecule has 2 aromatic rings. The Labute approximate surface area is 114 Å². The summed E-state index contributed by atoms with van der Waals surface area (Å²) in [5.74, 6) is -0.456. The van der Waals surface area contributed by atoms with Crippen LogP contribution in [0.25, 0.3) is 11.2 Å². The Kier molecular flexibility index (Phi) is 3.47. The second-order valence-electron chi connectivity index (χ2n) is 4.46. The summed E-state index contributed by atoms with van der Waals surface area (Å²) in [6.45, 7) is 3.58. The number of nitrogens with zero attached hydrogens (tertiary/aromatic N) is 4. The van der Waals surface area contributed by atoms with Crippen molar-refractivity contribution in [2.24, 2.45) is 14.1 Å². The molecule has 8 heteroatoms. The zero-order valence-corrected chi connectivity index (χ0v) is 11.8. The second-order valence-corrected chi connectivity index (χ2v) is 4.46. The van der Waals surface area contributed by atoms with Crippen LogP contribution >= 0.6 is 0 Å². The summed E-state index contributed by atoms with van der Waals surface area (Å²) in [5.41, 5.74) is -0.502. The normalized spacial score (nSPS) is 12.6. The van der Waals surface area contributed by atoms with E-state index >= 15 is 0 Å². The minimum absolute atomic E-state index is 0.204. The topological polar surface area (TPSA) is 88.1 Å². The first-order valence-electron chi connectivity index (χ1n) is 6.19. The number of aryl methyl sites for hydroxylation is 1. The Hall–Kier alpha value is -2.38. The van der Waals surface area contributed by atoms with Gasteiger partial charge in [-0.1, -0.05) is 0 Å². The highest BCUT2D eigenvalue weighted by molar-refractivity contribution is 5.78. The molecule has 0 N–H and O–H groups in total. The van der Waals surface area contributed by atoms with Crippen LogP contribution in [0.4, 0.5) is 0 Å². The Morgan fingerprint density at radius 1 is 1.35 bits per heavy atom. The maximum absolute atomic E-state index is 12.2. The lowest BCUT2D eigenvalue weighted by molar-refractivity contribution is -0.146. The first-order valence-corrected chi connectivity index (χ1v) is 6.19. The smallest absolute Gasteiger partial charge is 0.332 e. The highest BCUT2D eigenvalue weighted by Gasteiger charge is 2.22. The molecule has 1 atom stereocenters. The molecule has 108 valence electrons. The van der Waals surface area contributed by atoms with E-state index in [0.717, 1.165) is 4.57 Å². The minimum atomic E-state index is -0.690. The van der Waals surface area contributed by atoms with Gasteiger partial charge in [0.2, 0.25) is 0 Å². The first-order chi connectivity index (χ1) is 9.40. The Bertz CT molecular complexity index is 783. The van der Waals surface area contributed by atoms with Gasteiger partial charge in [-0.25, -0.2) is 14.6 Å². The van der Waals surface area contributed by atoms with Crippen molar-refractivity contribution in [3.63, 3.8) is 0 Å². The van der Waals surface area contributed by atoms with Crippen molar-refractivity contribution in [2.45, 2.75) is 19.9 Å². The lowest BCUT2D eigenvalue weighted by atomic mass is 10.3. The highest BCUT2D eigenvalue weighted by atomic mass is 16.5. The molecule has 0 unspecified atom stereocenters. The van der Waals surface area contributed by atoms with E-state index in [0.29, 0.717) is 0 Å². The number of rotatable bonds is 3. The van der Waals surface area contributed by atoms with Gasteiger partial charge in [0.25, 0.3) is 5.56 Å². The minimum Gasteiger partial charge on any atom is -0.464 e. The number of hydrogen-bond donors (Lipinski definition) is 0. The predicted molar refractivity (Wildman–Crippen MR) is 71.6 cm³/mol. The van der Waals surface area contributed by atoms with E-state index in [-0.39, 0.29) is 17.8 Å². The molecule has 0 saturated heterocycles. The molecule has 0 radical (unpaired) electrons. The van der Waals surface area contributed by atoms with Crippen molar-refractivity contribution < 1.29 is 9.53 Å². The summed E-state index contributed by atoms with van der Waals surface area (Å²) >= 11 is 0. The fraction of sp³-hybridized carbons (Fsp3) is 0.500. The number of fused-ring (bicyclic) bond motifs is 1. The number of ether oxygens (including phenoxy) is 1.